The lowest BCUT2D eigenvalue weighted by molar-refractivity contribution is -0.150. The molecule has 148 valence electrons. The molecule has 1 aliphatic carbocycles. The van der Waals surface area contributed by atoms with Crippen LogP contribution >= 0.6 is 11.6 Å². The van der Waals surface area contributed by atoms with Crippen LogP contribution in [-0.4, -0.2) is 26.9 Å². The lowest BCUT2D eigenvalue weighted by atomic mass is 9.96. The second-order valence-corrected chi connectivity index (χ2v) is 8.70. The van der Waals surface area contributed by atoms with Crippen LogP contribution in [0, 0.1) is 6.92 Å². The molecule has 1 saturated carbocycles. The van der Waals surface area contributed by atoms with Gasteiger partial charge in [-0.3, -0.25) is 9.59 Å². The Morgan fingerprint density at radius 3 is 2.39 bits per heavy atom. The summed E-state index contributed by atoms with van der Waals surface area (Å²) in [6, 6.07) is 11.3. The fraction of sp³-hybridized carbons (Fsp3) is 0.263. The summed E-state index contributed by atoms with van der Waals surface area (Å²) in [5, 5.41) is 8.23. The fourth-order valence-corrected chi connectivity index (χ4v) is 3.89. The van der Waals surface area contributed by atoms with Gasteiger partial charge in [-0.05, 0) is 55.2 Å². The quantitative estimate of drug-likeness (QED) is 0.694. The molecule has 0 atom stereocenters. The minimum absolute atomic E-state index is 0.0815. The van der Waals surface area contributed by atoms with E-state index >= 15 is 0 Å². The molecule has 0 aliphatic heterocycles. The number of hydrogen-bond donors (Lipinski definition) is 2. The highest BCUT2D eigenvalue weighted by Crippen LogP contribution is 2.49. The summed E-state index contributed by atoms with van der Waals surface area (Å²) < 4.78 is 28.3. The Labute approximate surface area is 167 Å². The number of rotatable bonds is 6. The number of sulfonamides is 1. The van der Waals surface area contributed by atoms with Crippen molar-refractivity contribution in [2.75, 3.05) is 11.9 Å². The molecule has 0 saturated heterocycles. The lowest BCUT2D eigenvalue weighted by Crippen LogP contribution is -2.28. The molecule has 3 rings (SSSR count). The van der Waals surface area contributed by atoms with E-state index in [1.165, 1.54) is 12.1 Å². The molecule has 2 aromatic carbocycles. The van der Waals surface area contributed by atoms with Crippen LogP contribution in [0.3, 0.4) is 0 Å². The molecule has 28 heavy (non-hydrogen) atoms. The number of nitrogens with two attached hydrogens (primary N) is 1. The average Bonchev–Trinajstić information content (AvgIpc) is 3.43. The highest BCUT2D eigenvalue weighted by molar-refractivity contribution is 7.89. The Balaban J connectivity index is 1.62. The number of carbonyl (C=O) groups excluding carboxylic acids is 2. The number of esters is 1. The lowest BCUT2D eigenvalue weighted by Gasteiger charge is -2.15. The van der Waals surface area contributed by atoms with E-state index in [1.807, 2.05) is 0 Å². The zero-order chi connectivity index (χ0) is 20.5. The van der Waals surface area contributed by atoms with Gasteiger partial charge in [-0.25, -0.2) is 13.6 Å². The highest BCUT2D eigenvalue weighted by atomic mass is 35.5. The van der Waals surface area contributed by atoms with E-state index in [0.717, 1.165) is 5.56 Å². The normalized spacial score (nSPS) is 15.0. The summed E-state index contributed by atoms with van der Waals surface area (Å²) in [7, 11) is -3.91. The third-order valence-corrected chi connectivity index (χ3v) is 5.96. The standard InChI is InChI=1S/C19H19ClN2O5S/c1-12-2-7-15(10-16(12)28(21,25)26)22-17(23)11-27-18(24)19(8-9-19)13-3-5-14(20)6-4-13/h2-7,10H,8-9,11H2,1H3,(H,22,23)(H2,21,25,26). The summed E-state index contributed by atoms with van der Waals surface area (Å²) in [6.07, 6.45) is 1.29. The molecule has 7 nitrogen and oxygen atoms in total. The van der Waals surface area contributed by atoms with Crippen LogP contribution in [0.1, 0.15) is 24.0 Å². The molecule has 1 fully saturated rings. The van der Waals surface area contributed by atoms with E-state index in [9.17, 15) is 18.0 Å². The predicted octanol–water partition coefficient (Wildman–Crippen LogP) is 2.51. The highest BCUT2D eigenvalue weighted by Gasteiger charge is 2.52. The van der Waals surface area contributed by atoms with Gasteiger partial charge < -0.3 is 10.1 Å². The maximum Gasteiger partial charge on any atom is 0.317 e. The topological polar surface area (TPSA) is 116 Å². The second kappa shape index (κ2) is 7.54. The number of hydrogen-bond acceptors (Lipinski definition) is 5. The Kier molecular flexibility index (Phi) is 5.47. The number of primary sulfonamides is 1. The van der Waals surface area contributed by atoms with Crippen LogP contribution in [0.15, 0.2) is 47.4 Å². The van der Waals surface area contributed by atoms with E-state index in [0.29, 0.717) is 23.4 Å². The summed E-state index contributed by atoms with van der Waals surface area (Å²) in [5.74, 6) is -1.05. The Morgan fingerprint density at radius 2 is 1.82 bits per heavy atom. The molecule has 2 aromatic rings. The van der Waals surface area contributed by atoms with E-state index in [4.69, 9.17) is 21.5 Å². The molecule has 3 N–H and O–H groups in total. The molecule has 1 amide bonds. The van der Waals surface area contributed by atoms with E-state index in [1.54, 1.807) is 37.3 Å². The molecular formula is C19H19ClN2O5S. The summed E-state index contributed by atoms with van der Waals surface area (Å²) in [5.41, 5.74) is 0.786. The van der Waals surface area contributed by atoms with Crippen LogP contribution in [0.2, 0.25) is 5.02 Å². The van der Waals surface area contributed by atoms with Crippen molar-refractivity contribution in [3.05, 3.63) is 58.6 Å². The largest absolute Gasteiger partial charge is 0.455 e. The molecule has 0 heterocycles. The van der Waals surface area contributed by atoms with Crippen molar-refractivity contribution in [3.8, 4) is 0 Å². The summed E-state index contributed by atoms with van der Waals surface area (Å²) >= 11 is 5.88. The van der Waals surface area contributed by atoms with E-state index in [2.05, 4.69) is 5.32 Å². The van der Waals surface area contributed by atoms with Gasteiger partial charge in [0.05, 0.1) is 10.3 Å². The van der Waals surface area contributed by atoms with Crippen molar-refractivity contribution in [3.63, 3.8) is 0 Å². The first kappa shape index (κ1) is 20.3. The van der Waals surface area contributed by atoms with Crippen LogP contribution in [0.4, 0.5) is 5.69 Å². The van der Waals surface area contributed by atoms with Gasteiger partial charge in [0.1, 0.15) is 0 Å². The SMILES string of the molecule is Cc1ccc(NC(=O)COC(=O)C2(c3ccc(Cl)cc3)CC2)cc1S(N)(=O)=O. The minimum atomic E-state index is -3.91. The number of aryl methyl sites for hydroxylation is 1. The summed E-state index contributed by atoms with van der Waals surface area (Å²) in [6.45, 7) is 1.12. The second-order valence-electron chi connectivity index (χ2n) is 6.74. The van der Waals surface area contributed by atoms with Crippen molar-refractivity contribution < 1.29 is 22.7 Å². The number of ether oxygens (including phenoxy) is 1. The van der Waals surface area contributed by atoms with Crippen LogP contribution < -0.4 is 10.5 Å². The Morgan fingerprint density at radius 1 is 1.18 bits per heavy atom. The van der Waals surface area contributed by atoms with Crippen LogP contribution in [-0.2, 0) is 29.8 Å². The zero-order valence-electron chi connectivity index (χ0n) is 15.1. The molecule has 0 spiro atoms. The number of benzene rings is 2. The maximum absolute atomic E-state index is 12.5. The monoisotopic (exact) mass is 422 g/mol. The van der Waals surface area contributed by atoms with Gasteiger partial charge in [0.25, 0.3) is 5.91 Å². The molecule has 0 aromatic heterocycles. The Bertz CT molecular complexity index is 1030. The molecule has 0 radical (unpaired) electrons. The molecular weight excluding hydrogens is 404 g/mol. The van der Waals surface area contributed by atoms with Gasteiger partial charge in [-0.15, -0.1) is 0 Å². The number of halogens is 1. The van der Waals surface area contributed by atoms with Crippen LogP contribution in [0.25, 0.3) is 0 Å². The molecule has 0 bridgehead atoms. The molecule has 0 unspecified atom stereocenters. The fourth-order valence-electron chi connectivity index (χ4n) is 2.96. The smallest absolute Gasteiger partial charge is 0.317 e. The number of anilines is 1. The average molecular weight is 423 g/mol. The first-order valence-corrected chi connectivity index (χ1v) is 10.4. The van der Waals surface area contributed by atoms with Gasteiger partial charge in [-0.2, -0.15) is 0 Å². The van der Waals surface area contributed by atoms with Crippen molar-refractivity contribution in [1.82, 2.24) is 0 Å². The third-order valence-electron chi connectivity index (χ3n) is 4.65. The van der Waals surface area contributed by atoms with Crippen molar-refractivity contribution in [1.29, 1.82) is 0 Å². The Hall–Kier alpha value is -2.42. The third kappa shape index (κ3) is 4.35. The minimum Gasteiger partial charge on any atom is -0.455 e. The van der Waals surface area contributed by atoms with E-state index in [-0.39, 0.29) is 10.6 Å². The van der Waals surface area contributed by atoms with Gasteiger partial charge in [0.15, 0.2) is 6.61 Å². The molecule has 9 heteroatoms. The summed E-state index contributed by atoms with van der Waals surface area (Å²) in [4.78, 5) is 24.5. The number of nitrogens with one attached hydrogen (secondary N) is 1. The van der Waals surface area contributed by atoms with Crippen LogP contribution in [0.5, 0.6) is 0 Å². The first-order valence-electron chi connectivity index (χ1n) is 8.48. The maximum atomic E-state index is 12.5. The van der Waals surface area contributed by atoms with Crippen molar-refractivity contribution >= 4 is 39.2 Å². The van der Waals surface area contributed by atoms with Crippen molar-refractivity contribution in [2.24, 2.45) is 5.14 Å². The van der Waals surface area contributed by atoms with Gasteiger partial charge in [0.2, 0.25) is 10.0 Å². The first-order chi connectivity index (χ1) is 13.1. The molecule has 1 aliphatic rings. The predicted molar refractivity (Wildman–Crippen MR) is 105 cm³/mol. The van der Waals surface area contributed by atoms with Gasteiger partial charge in [-0.1, -0.05) is 29.8 Å². The zero-order valence-corrected chi connectivity index (χ0v) is 16.6. The number of amides is 1. The number of carbonyl (C=O) groups is 2. The van der Waals surface area contributed by atoms with Gasteiger partial charge in [0, 0.05) is 10.7 Å². The van der Waals surface area contributed by atoms with Crippen molar-refractivity contribution in [2.45, 2.75) is 30.1 Å². The van der Waals surface area contributed by atoms with E-state index < -0.39 is 33.9 Å². The van der Waals surface area contributed by atoms with Gasteiger partial charge >= 0.3 is 5.97 Å².